The van der Waals surface area contributed by atoms with Crippen molar-refractivity contribution in [1.29, 1.82) is 0 Å². The first-order valence-corrected chi connectivity index (χ1v) is 11.2. The number of rotatable bonds is 8. The van der Waals surface area contributed by atoms with Crippen LogP contribution in [-0.2, 0) is 19.0 Å². The van der Waals surface area contributed by atoms with E-state index in [0.29, 0.717) is 0 Å². The maximum absolute atomic E-state index is 12.6. The highest BCUT2D eigenvalue weighted by Gasteiger charge is 2.29. The van der Waals surface area contributed by atoms with E-state index in [1.165, 1.54) is 30.5 Å². The molecule has 31 heavy (non-hydrogen) atoms. The van der Waals surface area contributed by atoms with Gasteiger partial charge < -0.3 is 10.1 Å². The third kappa shape index (κ3) is 6.86. The van der Waals surface area contributed by atoms with Gasteiger partial charge in [0.15, 0.2) is 0 Å². The lowest BCUT2D eigenvalue weighted by Crippen LogP contribution is -2.47. The largest absolute Gasteiger partial charge is 0.462 e. The molecule has 0 spiro atoms. The van der Waals surface area contributed by atoms with Crippen LogP contribution in [0.5, 0.6) is 0 Å². The SMILES string of the molecule is CCOC(=O)c1ccc(C(=O)N[C@H](COS(=O)(=O)c2ccc(C)cc2)C(C)(C)C)nc1. The molecule has 1 atom stereocenters. The number of carbonyl (C=O) groups excluding carboxylic acids is 2. The minimum absolute atomic E-state index is 0.0494. The van der Waals surface area contributed by atoms with Crippen LogP contribution < -0.4 is 5.32 Å². The van der Waals surface area contributed by atoms with E-state index in [2.05, 4.69) is 10.3 Å². The topological polar surface area (TPSA) is 112 Å². The van der Waals surface area contributed by atoms with Crippen LogP contribution in [-0.4, -0.2) is 44.5 Å². The summed E-state index contributed by atoms with van der Waals surface area (Å²) in [7, 11) is -3.97. The van der Waals surface area contributed by atoms with Gasteiger partial charge in [0.2, 0.25) is 0 Å². The zero-order chi connectivity index (χ0) is 23.2. The van der Waals surface area contributed by atoms with Crippen molar-refractivity contribution in [1.82, 2.24) is 10.3 Å². The molecule has 8 nitrogen and oxygen atoms in total. The molecule has 2 aromatic rings. The molecule has 0 unspecified atom stereocenters. The van der Waals surface area contributed by atoms with Crippen molar-refractivity contribution >= 4 is 22.0 Å². The number of hydrogen-bond donors (Lipinski definition) is 1. The average molecular weight is 449 g/mol. The lowest BCUT2D eigenvalue weighted by molar-refractivity contribution is 0.0525. The van der Waals surface area contributed by atoms with Gasteiger partial charge >= 0.3 is 5.97 Å². The van der Waals surface area contributed by atoms with Gasteiger partial charge in [0.05, 0.1) is 29.7 Å². The summed E-state index contributed by atoms with van der Waals surface area (Å²) in [5.41, 5.74) is 0.755. The quantitative estimate of drug-likeness (QED) is 0.488. The fraction of sp³-hybridized carbons (Fsp3) is 0.409. The number of esters is 1. The molecule has 0 aliphatic heterocycles. The number of ether oxygens (including phenoxy) is 1. The standard InChI is InChI=1S/C22H28N2O6S/c1-6-29-21(26)16-9-12-18(23-13-16)20(25)24-19(22(3,4)5)14-30-31(27,28)17-10-7-15(2)8-11-17/h7-13,19H,6,14H2,1-5H3,(H,24,25)/t19-/m1/s1. The first kappa shape index (κ1) is 24.5. The molecule has 0 radical (unpaired) electrons. The monoisotopic (exact) mass is 448 g/mol. The average Bonchev–Trinajstić information content (AvgIpc) is 2.70. The van der Waals surface area contributed by atoms with E-state index in [-0.39, 0.29) is 29.4 Å². The van der Waals surface area contributed by atoms with Crippen LogP contribution in [0.3, 0.4) is 0 Å². The number of hydrogen-bond acceptors (Lipinski definition) is 7. The van der Waals surface area contributed by atoms with E-state index in [0.717, 1.165) is 5.56 Å². The third-order valence-corrected chi connectivity index (χ3v) is 5.85. The molecule has 1 N–H and O–H groups in total. The number of pyridine rings is 1. The first-order chi connectivity index (χ1) is 14.4. The number of nitrogens with one attached hydrogen (secondary N) is 1. The summed E-state index contributed by atoms with van der Waals surface area (Å²) in [6.07, 6.45) is 1.26. The molecule has 1 amide bonds. The van der Waals surface area contributed by atoms with Crippen LogP contribution in [0, 0.1) is 12.3 Å². The zero-order valence-corrected chi connectivity index (χ0v) is 19.2. The van der Waals surface area contributed by atoms with E-state index in [1.54, 1.807) is 19.1 Å². The maximum atomic E-state index is 12.6. The van der Waals surface area contributed by atoms with Gasteiger partial charge in [0.1, 0.15) is 5.69 Å². The predicted molar refractivity (Wildman–Crippen MR) is 115 cm³/mol. The lowest BCUT2D eigenvalue weighted by atomic mass is 9.87. The highest BCUT2D eigenvalue weighted by atomic mass is 32.2. The minimum Gasteiger partial charge on any atom is -0.462 e. The Kier molecular flexibility index (Phi) is 7.91. The van der Waals surface area contributed by atoms with Gasteiger partial charge in [0, 0.05) is 6.20 Å². The fourth-order valence-electron chi connectivity index (χ4n) is 2.53. The molecule has 9 heteroatoms. The van der Waals surface area contributed by atoms with Gasteiger partial charge in [0.25, 0.3) is 16.0 Å². The molecule has 0 bridgehead atoms. The Morgan fingerprint density at radius 3 is 2.26 bits per heavy atom. The van der Waals surface area contributed by atoms with Crippen molar-refractivity contribution in [2.75, 3.05) is 13.2 Å². The van der Waals surface area contributed by atoms with Gasteiger partial charge in [-0.3, -0.25) is 14.0 Å². The van der Waals surface area contributed by atoms with E-state index in [4.69, 9.17) is 8.92 Å². The first-order valence-electron chi connectivity index (χ1n) is 9.84. The van der Waals surface area contributed by atoms with Crippen LogP contribution in [0.15, 0.2) is 47.5 Å². The van der Waals surface area contributed by atoms with E-state index in [9.17, 15) is 18.0 Å². The van der Waals surface area contributed by atoms with Crippen molar-refractivity contribution in [3.8, 4) is 0 Å². The normalized spacial score (nSPS) is 12.8. The number of benzene rings is 1. The summed E-state index contributed by atoms with van der Waals surface area (Å²) in [6.45, 7) is 9.12. The summed E-state index contributed by atoms with van der Waals surface area (Å²) >= 11 is 0. The third-order valence-electron chi connectivity index (χ3n) is 4.56. The van der Waals surface area contributed by atoms with Gasteiger partial charge in [-0.25, -0.2) is 4.79 Å². The molecular weight excluding hydrogens is 420 g/mol. The van der Waals surface area contributed by atoms with Crippen molar-refractivity contribution in [3.63, 3.8) is 0 Å². The second-order valence-electron chi connectivity index (χ2n) is 8.10. The maximum Gasteiger partial charge on any atom is 0.339 e. The van der Waals surface area contributed by atoms with E-state index < -0.39 is 33.5 Å². The van der Waals surface area contributed by atoms with Crippen LogP contribution in [0.25, 0.3) is 0 Å². The highest BCUT2D eigenvalue weighted by molar-refractivity contribution is 7.86. The number of carbonyl (C=O) groups is 2. The summed E-state index contributed by atoms with van der Waals surface area (Å²) in [4.78, 5) is 28.4. The van der Waals surface area contributed by atoms with Gasteiger partial charge in [-0.05, 0) is 43.5 Å². The molecule has 0 aliphatic carbocycles. The summed E-state index contributed by atoms with van der Waals surface area (Å²) in [5.74, 6) is -1.03. The smallest absolute Gasteiger partial charge is 0.339 e. The summed E-state index contributed by atoms with van der Waals surface area (Å²) < 4.78 is 35.1. The number of aromatic nitrogens is 1. The molecule has 1 heterocycles. The van der Waals surface area contributed by atoms with Crippen molar-refractivity contribution in [2.45, 2.75) is 45.6 Å². The van der Waals surface area contributed by atoms with Crippen molar-refractivity contribution in [3.05, 3.63) is 59.4 Å². The van der Waals surface area contributed by atoms with Crippen molar-refractivity contribution in [2.24, 2.45) is 5.41 Å². The van der Waals surface area contributed by atoms with Crippen LogP contribution in [0.2, 0.25) is 0 Å². The van der Waals surface area contributed by atoms with Gasteiger partial charge in [-0.1, -0.05) is 38.5 Å². The highest BCUT2D eigenvalue weighted by Crippen LogP contribution is 2.22. The molecule has 2 rings (SSSR count). The van der Waals surface area contributed by atoms with Crippen molar-refractivity contribution < 1.29 is 26.9 Å². The second-order valence-corrected chi connectivity index (χ2v) is 9.71. The summed E-state index contributed by atoms with van der Waals surface area (Å²) in [5, 5.41) is 2.77. The molecule has 168 valence electrons. The zero-order valence-electron chi connectivity index (χ0n) is 18.3. The Labute approximate surface area is 183 Å². The molecule has 1 aromatic heterocycles. The van der Waals surface area contributed by atoms with Crippen LogP contribution in [0.4, 0.5) is 0 Å². The molecule has 0 aliphatic rings. The second kappa shape index (κ2) is 10.0. The molecule has 0 saturated carbocycles. The Bertz CT molecular complexity index is 1010. The predicted octanol–water partition coefficient (Wildman–Crippen LogP) is 3.12. The Hall–Kier alpha value is -2.78. The lowest BCUT2D eigenvalue weighted by Gasteiger charge is -2.31. The number of aryl methyl sites for hydroxylation is 1. The Balaban J connectivity index is 2.10. The molecule has 0 fully saturated rings. The molecule has 0 saturated heterocycles. The van der Waals surface area contributed by atoms with Crippen LogP contribution >= 0.6 is 0 Å². The van der Waals surface area contributed by atoms with Gasteiger partial charge in [-0.2, -0.15) is 8.42 Å². The van der Waals surface area contributed by atoms with E-state index in [1.807, 2.05) is 27.7 Å². The summed E-state index contributed by atoms with van der Waals surface area (Å²) in [6, 6.07) is 8.56. The fourth-order valence-corrected chi connectivity index (χ4v) is 3.46. The minimum atomic E-state index is -3.97. The Morgan fingerprint density at radius 2 is 1.74 bits per heavy atom. The van der Waals surface area contributed by atoms with Crippen LogP contribution in [0.1, 0.15) is 54.1 Å². The number of nitrogens with zero attached hydrogens (tertiary/aromatic N) is 1. The Morgan fingerprint density at radius 1 is 1.10 bits per heavy atom. The molecular formula is C22H28N2O6S. The number of amides is 1. The van der Waals surface area contributed by atoms with E-state index >= 15 is 0 Å². The molecule has 1 aromatic carbocycles. The van der Waals surface area contributed by atoms with Gasteiger partial charge in [-0.15, -0.1) is 0 Å².